The highest BCUT2D eigenvalue weighted by molar-refractivity contribution is 5.88. The lowest BCUT2D eigenvalue weighted by atomic mass is 10.1. The lowest BCUT2D eigenvalue weighted by molar-refractivity contribution is 1.07. The van der Waals surface area contributed by atoms with Crippen molar-refractivity contribution in [3.05, 3.63) is 35.0 Å². The van der Waals surface area contributed by atoms with Crippen molar-refractivity contribution in [2.24, 2.45) is 0 Å². The van der Waals surface area contributed by atoms with E-state index in [0.29, 0.717) is 0 Å². The Bertz CT molecular complexity index is 515. The van der Waals surface area contributed by atoms with Crippen molar-refractivity contribution >= 4 is 10.9 Å². The predicted molar refractivity (Wildman–Crippen MR) is 57.1 cm³/mol. The monoisotopic (exact) mass is 184 g/mol. The zero-order chi connectivity index (χ0) is 10.1. The van der Waals surface area contributed by atoms with Gasteiger partial charge in [-0.1, -0.05) is 13.0 Å². The summed E-state index contributed by atoms with van der Waals surface area (Å²) in [4.78, 5) is 3.34. The Hall–Kier alpha value is -1.75. The van der Waals surface area contributed by atoms with Crippen LogP contribution >= 0.6 is 0 Å². The maximum atomic E-state index is 8.94. The van der Waals surface area contributed by atoms with Gasteiger partial charge in [0.2, 0.25) is 0 Å². The molecule has 0 bridgehead atoms. The van der Waals surface area contributed by atoms with Crippen LogP contribution in [0.15, 0.2) is 18.2 Å². The van der Waals surface area contributed by atoms with E-state index in [2.05, 4.69) is 31.0 Å². The Kier molecular flexibility index (Phi) is 2.01. The average molecular weight is 184 g/mol. The van der Waals surface area contributed by atoms with Crippen LogP contribution in [0.25, 0.3) is 10.9 Å². The number of aromatic nitrogens is 1. The smallest absolute Gasteiger partial charge is 0.0998 e. The summed E-state index contributed by atoms with van der Waals surface area (Å²) < 4.78 is 0. The molecule has 1 aromatic heterocycles. The van der Waals surface area contributed by atoms with Gasteiger partial charge in [0.25, 0.3) is 0 Å². The molecule has 0 aliphatic rings. The zero-order valence-electron chi connectivity index (χ0n) is 8.39. The first kappa shape index (κ1) is 8.83. The van der Waals surface area contributed by atoms with Crippen LogP contribution in [0.1, 0.15) is 23.7 Å². The second-order valence-electron chi connectivity index (χ2n) is 3.48. The first-order chi connectivity index (χ1) is 6.76. The topological polar surface area (TPSA) is 39.6 Å². The quantitative estimate of drug-likeness (QED) is 0.727. The van der Waals surface area contributed by atoms with Crippen LogP contribution in [0.4, 0.5) is 0 Å². The van der Waals surface area contributed by atoms with E-state index in [-0.39, 0.29) is 0 Å². The van der Waals surface area contributed by atoms with Crippen molar-refractivity contribution in [1.82, 2.24) is 4.98 Å². The molecule has 2 nitrogen and oxygen atoms in total. The van der Waals surface area contributed by atoms with Crippen LogP contribution < -0.4 is 0 Å². The molecule has 0 aliphatic heterocycles. The van der Waals surface area contributed by atoms with Crippen LogP contribution in [0.5, 0.6) is 0 Å². The van der Waals surface area contributed by atoms with E-state index in [0.717, 1.165) is 22.9 Å². The number of aryl methyl sites for hydroxylation is 2. The molecule has 14 heavy (non-hydrogen) atoms. The summed E-state index contributed by atoms with van der Waals surface area (Å²) >= 11 is 0. The van der Waals surface area contributed by atoms with Crippen molar-refractivity contribution in [3.63, 3.8) is 0 Å². The van der Waals surface area contributed by atoms with Gasteiger partial charge in [0, 0.05) is 16.6 Å². The molecule has 1 heterocycles. The van der Waals surface area contributed by atoms with Crippen LogP contribution in [-0.4, -0.2) is 4.98 Å². The fourth-order valence-corrected chi connectivity index (χ4v) is 1.70. The number of aromatic amines is 1. The second kappa shape index (κ2) is 3.19. The molecule has 1 aromatic carbocycles. The van der Waals surface area contributed by atoms with Crippen LogP contribution in [0, 0.1) is 18.3 Å². The van der Waals surface area contributed by atoms with Gasteiger partial charge in [0.05, 0.1) is 11.6 Å². The Morgan fingerprint density at radius 2 is 2.21 bits per heavy atom. The van der Waals surface area contributed by atoms with Gasteiger partial charge in [0.1, 0.15) is 0 Å². The Labute approximate surface area is 83.2 Å². The van der Waals surface area contributed by atoms with Gasteiger partial charge in [-0.05, 0) is 31.0 Å². The molecular formula is C12H12N2. The Balaban J connectivity index is 2.83. The summed E-state index contributed by atoms with van der Waals surface area (Å²) in [6.45, 7) is 4.16. The van der Waals surface area contributed by atoms with E-state index < -0.39 is 0 Å². The number of hydrogen-bond acceptors (Lipinski definition) is 1. The molecule has 0 amide bonds. The van der Waals surface area contributed by atoms with Gasteiger partial charge < -0.3 is 4.98 Å². The molecule has 0 spiro atoms. The van der Waals surface area contributed by atoms with E-state index in [1.54, 1.807) is 0 Å². The third-order valence-electron chi connectivity index (χ3n) is 2.56. The van der Waals surface area contributed by atoms with E-state index in [1.165, 1.54) is 11.3 Å². The molecule has 0 fully saturated rings. The fraction of sp³-hybridized carbons (Fsp3) is 0.250. The summed E-state index contributed by atoms with van der Waals surface area (Å²) in [7, 11) is 0. The molecule has 0 radical (unpaired) electrons. The van der Waals surface area contributed by atoms with Crippen molar-refractivity contribution in [1.29, 1.82) is 5.26 Å². The maximum Gasteiger partial charge on any atom is 0.0998 e. The molecule has 2 aromatic rings. The largest absolute Gasteiger partial charge is 0.358 e. The minimum Gasteiger partial charge on any atom is -0.358 e. The molecule has 70 valence electrons. The molecule has 0 saturated carbocycles. The highest BCUT2D eigenvalue weighted by Gasteiger charge is 2.06. The summed E-state index contributed by atoms with van der Waals surface area (Å²) in [6, 6.07) is 8.15. The zero-order valence-corrected chi connectivity index (χ0v) is 8.39. The van der Waals surface area contributed by atoms with Gasteiger partial charge >= 0.3 is 0 Å². The first-order valence-electron chi connectivity index (χ1n) is 4.77. The normalized spacial score (nSPS) is 10.4. The minimum atomic E-state index is 0.751. The molecular weight excluding hydrogens is 172 g/mol. The van der Waals surface area contributed by atoms with Gasteiger partial charge in [-0.2, -0.15) is 5.26 Å². The molecule has 1 N–H and O–H groups in total. The first-order valence-corrected chi connectivity index (χ1v) is 4.77. The van der Waals surface area contributed by atoms with Crippen LogP contribution in [0.2, 0.25) is 0 Å². The maximum absolute atomic E-state index is 8.94. The number of hydrogen-bond donors (Lipinski definition) is 1. The molecule has 0 saturated heterocycles. The SMILES string of the molecule is CCc1cc2c(C#N)ccc(C)c2[nH]1. The highest BCUT2D eigenvalue weighted by atomic mass is 14.7. The lowest BCUT2D eigenvalue weighted by Crippen LogP contribution is -1.80. The second-order valence-corrected chi connectivity index (χ2v) is 3.48. The van der Waals surface area contributed by atoms with E-state index in [9.17, 15) is 0 Å². The number of benzene rings is 1. The molecule has 0 atom stereocenters. The van der Waals surface area contributed by atoms with E-state index in [4.69, 9.17) is 5.26 Å². The number of nitrogens with zero attached hydrogens (tertiary/aromatic N) is 1. The predicted octanol–water partition coefficient (Wildman–Crippen LogP) is 2.91. The summed E-state index contributed by atoms with van der Waals surface area (Å²) in [6.07, 6.45) is 0.971. The van der Waals surface area contributed by atoms with Crippen molar-refractivity contribution < 1.29 is 0 Å². The van der Waals surface area contributed by atoms with Gasteiger partial charge in [-0.25, -0.2) is 0 Å². The van der Waals surface area contributed by atoms with Gasteiger partial charge in [-0.15, -0.1) is 0 Å². The van der Waals surface area contributed by atoms with Crippen molar-refractivity contribution in [2.75, 3.05) is 0 Å². The van der Waals surface area contributed by atoms with E-state index >= 15 is 0 Å². The molecule has 2 rings (SSSR count). The molecule has 0 unspecified atom stereocenters. The fourth-order valence-electron chi connectivity index (χ4n) is 1.70. The number of rotatable bonds is 1. The van der Waals surface area contributed by atoms with Gasteiger partial charge in [-0.3, -0.25) is 0 Å². The standard InChI is InChI=1S/C12H12N2/c1-3-10-6-11-9(7-13)5-4-8(2)12(11)14-10/h4-6,14H,3H2,1-2H3. The minimum absolute atomic E-state index is 0.751. The van der Waals surface area contributed by atoms with Gasteiger partial charge in [0.15, 0.2) is 0 Å². The van der Waals surface area contributed by atoms with Crippen LogP contribution in [-0.2, 0) is 6.42 Å². The van der Waals surface area contributed by atoms with Crippen LogP contribution in [0.3, 0.4) is 0 Å². The third-order valence-corrected chi connectivity index (χ3v) is 2.56. The lowest BCUT2D eigenvalue weighted by Gasteiger charge is -1.96. The summed E-state index contributed by atoms with van der Waals surface area (Å²) in [5.74, 6) is 0. The number of fused-ring (bicyclic) bond motifs is 1. The highest BCUT2D eigenvalue weighted by Crippen LogP contribution is 2.22. The van der Waals surface area contributed by atoms with Crippen molar-refractivity contribution in [2.45, 2.75) is 20.3 Å². The Morgan fingerprint density at radius 1 is 1.43 bits per heavy atom. The van der Waals surface area contributed by atoms with Crippen molar-refractivity contribution in [3.8, 4) is 6.07 Å². The molecule has 2 heteroatoms. The average Bonchev–Trinajstić information content (AvgIpc) is 2.63. The summed E-state index contributed by atoms with van der Waals surface area (Å²) in [5.41, 5.74) is 4.23. The number of H-pyrrole nitrogens is 1. The number of nitriles is 1. The third kappa shape index (κ3) is 1.18. The Morgan fingerprint density at radius 3 is 2.86 bits per heavy atom. The summed E-state index contributed by atoms with van der Waals surface area (Å²) in [5, 5.41) is 9.99. The van der Waals surface area contributed by atoms with E-state index in [1.807, 2.05) is 12.1 Å². The molecule has 0 aliphatic carbocycles. The number of nitrogens with one attached hydrogen (secondary N) is 1.